The van der Waals surface area contributed by atoms with Gasteiger partial charge in [0.25, 0.3) is 0 Å². The molecule has 15 heavy (non-hydrogen) atoms. The number of hydrogen-bond donors (Lipinski definition) is 1. The van der Waals surface area contributed by atoms with Crippen LogP contribution in [-0.2, 0) is 0 Å². The van der Waals surface area contributed by atoms with E-state index in [4.69, 9.17) is 5.73 Å². The van der Waals surface area contributed by atoms with E-state index in [1.165, 1.54) is 51.5 Å². The Kier molecular flexibility index (Phi) is 4.04. The summed E-state index contributed by atoms with van der Waals surface area (Å²) in [6.07, 6.45) is 9.91. The number of piperidine rings is 1. The van der Waals surface area contributed by atoms with Gasteiger partial charge in [0, 0.05) is 18.6 Å². The molecule has 1 heterocycles. The molecule has 2 aliphatic rings. The molecule has 2 fully saturated rings. The first-order valence-corrected chi connectivity index (χ1v) is 6.82. The van der Waals surface area contributed by atoms with Gasteiger partial charge in [-0.2, -0.15) is 0 Å². The quantitative estimate of drug-likeness (QED) is 0.775. The van der Waals surface area contributed by atoms with E-state index in [0.29, 0.717) is 6.04 Å². The lowest BCUT2D eigenvalue weighted by atomic mass is 9.77. The van der Waals surface area contributed by atoms with E-state index in [1.807, 2.05) is 0 Å². The summed E-state index contributed by atoms with van der Waals surface area (Å²) in [4.78, 5) is 2.74. The van der Waals surface area contributed by atoms with Crippen LogP contribution in [-0.4, -0.2) is 30.1 Å². The monoisotopic (exact) mass is 210 g/mol. The molecule has 0 aromatic rings. The third-order valence-corrected chi connectivity index (χ3v) is 4.50. The second-order valence-corrected chi connectivity index (χ2v) is 5.29. The average molecular weight is 210 g/mol. The molecular weight excluding hydrogens is 184 g/mol. The van der Waals surface area contributed by atoms with Gasteiger partial charge in [-0.05, 0) is 44.6 Å². The molecule has 0 aromatic heterocycles. The Hall–Kier alpha value is -0.0800. The van der Waals surface area contributed by atoms with Gasteiger partial charge in [-0.3, -0.25) is 4.90 Å². The fraction of sp³-hybridized carbons (Fsp3) is 1.00. The van der Waals surface area contributed by atoms with Gasteiger partial charge < -0.3 is 5.73 Å². The van der Waals surface area contributed by atoms with Crippen LogP contribution >= 0.6 is 0 Å². The number of nitrogens with zero attached hydrogens (tertiary/aromatic N) is 1. The molecule has 0 amide bonds. The summed E-state index contributed by atoms with van der Waals surface area (Å²) in [6, 6.07) is 1.52. The molecule has 2 rings (SSSR count). The molecule has 1 saturated carbocycles. The molecule has 0 aromatic carbocycles. The summed E-state index contributed by atoms with van der Waals surface area (Å²) >= 11 is 0. The van der Waals surface area contributed by atoms with Crippen molar-refractivity contribution in [2.24, 2.45) is 11.7 Å². The van der Waals surface area contributed by atoms with Crippen molar-refractivity contribution in [2.75, 3.05) is 13.1 Å². The predicted octanol–water partition coefficient (Wildman–Crippen LogP) is 2.38. The van der Waals surface area contributed by atoms with Crippen LogP contribution in [0.5, 0.6) is 0 Å². The highest BCUT2D eigenvalue weighted by molar-refractivity contribution is 4.90. The molecule has 0 bridgehead atoms. The molecule has 0 radical (unpaired) electrons. The van der Waals surface area contributed by atoms with Gasteiger partial charge in [0.05, 0.1) is 0 Å². The molecule has 1 saturated heterocycles. The lowest BCUT2D eigenvalue weighted by Crippen LogP contribution is -2.53. The number of nitrogens with two attached hydrogens (primary N) is 1. The average Bonchev–Trinajstić information content (AvgIpc) is 2.31. The zero-order valence-electron chi connectivity index (χ0n) is 10.1. The van der Waals surface area contributed by atoms with Crippen molar-refractivity contribution in [3.8, 4) is 0 Å². The molecule has 1 aliphatic carbocycles. The Morgan fingerprint density at radius 1 is 1.20 bits per heavy atom. The van der Waals surface area contributed by atoms with Crippen molar-refractivity contribution < 1.29 is 0 Å². The second-order valence-electron chi connectivity index (χ2n) is 5.29. The van der Waals surface area contributed by atoms with E-state index in [-0.39, 0.29) is 0 Å². The van der Waals surface area contributed by atoms with Gasteiger partial charge in [0.1, 0.15) is 0 Å². The van der Waals surface area contributed by atoms with Crippen LogP contribution in [0.25, 0.3) is 0 Å². The maximum atomic E-state index is 5.89. The smallest absolute Gasteiger partial charge is 0.0218 e. The van der Waals surface area contributed by atoms with Crippen LogP contribution in [0.2, 0.25) is 0 Å². The van der Waals surface area contributed by atoms with Crippen LogP contribution in [0.1, 0.15) is 51.9 Å². The van der Waals surface area contributed by atoms with E-state index in [2.05, 4.69) is 11.8 Å². The molecule has 2 N–H and O–H groups in total. The maximum absolute atomic E-state index is 5.89. The fourth-order valence-corrected chi connectivity index (χ4v) is 3.65. The van der Waals surface area contributed by atoms with Crippen LogP contribution < -0.4 is 5.73 Å². The van der Waals surface area contributed by atoms with Gasteiger partial charge in [-0.1, -0.05) is 19.8 Å². The first-order valence-electron chi connectivity index (χ1n) is 6.82. The second kappa shape index (κ2) is 5.31. The molecule has 1 aliphatic heterocycles. The minimum atomic E-state index is 0.649. The lowest BCUT2D eigenvalue weighted by molar-refractivity contribution is 0.0271. The van der Waals surface area contributed by atoms with E-state index in [1.54, 1.807) is 0 Å². The molecule has 0 spiro atoms. The lowest BCUT2D eigenvalue weighted by Gasteiger charge is -2.47. The van der Waals surface area contributed by atoms with Crippen molar-refractivity contribution in [2.45, 2.75) is 64.0 Å². The van der Waals surface area contributed by atoms with E-state index in [0.717, 1.165) is 18.5 Å². The van der Waals surface area contributed by atoms with Crippen molar-refractivity contribution >= 4 is 0 Å². The molecule has 2 heteroatoms. The Morgan fingerprint density at radius 2 is 1.93 bits per heavy atom. The van der Waals surface area contributed by atoms with Crippen LogP contribution in [0.3, 0.4) is 0 Å². The van der Waals surface area contributed by atoms with Crippen molar-refractivity contribution in [3.05, 3.63) is 0 Å². The van der Waals surface area contributed by atoms with Crippen LogP contribution in [0.15, 0.2) is 0 Å². The highest BCUT2D eigenvalue weighted by Crippen LogP contribution is 2.36. The molecule has 2 nitrogen and oxygen atoms in total. The highest BCUT2D eigenvalue weighted by atomic mass is 15.2. The number of hydrogen-bond acceptors (Lipinski definition) is 2. The van der Waals surface area contributed by atoms with Gasteiger partial charge >= 0.3 is 0 Å². The first-order chi connectivity index (χ1) is 7.36. The summed E-state index contributed by atoms with van der Waals surface area (Å²) < 4.78 is 0. The highest BCUT2D eigenvalue weighted by Gasteiger charge is 2.35. The Morgan fingerprint density at radius 3 is 2.67 bits per heavy atom. The van der Waals surface area contributed by atoms with Crippen LogP contribution in [0, 0.1) is 5.92 Å². The number of likely N-dealkylation sites (tertiary alicyclic amines) is 1. The van der Waals surface area contributed by atoms with Crippen molar-refractivity contribution in [1.29, 1.82) is 0 Å². The maximum Gasteiger partial charge on any atom is 0.0218 e. The SMILES string of the molecule is CCC(CN)N1CCCC2CCCCC21. The standard InChI is InChI=1S/C13H26N2/c1-2-12(10-14)15-9-5-7-11-6-3-4-8-13(11)15/h11-13H,2-10,14H2,1H3. The summed E-state index contributed by atoms with van der Waals surface area (Å²) in [5.41, 5.74) is 5.89. The number of fused-ring (bicyclic) bond motifs is 1. The summed E-state index contributed by atoms with van der Waals surface area (Å²) in [5.74, 6) is 0.994. The van der Waals surface area contributed by atoms with Gasteiger partial charge in [0.2, 0.25) is 0 Å². The zero-order chi connectivity index (χ0) is 10.7. The molecule has 3 unspecified atom stereocenters. The first kappa shape index (κ1) is 11.4. The number of rotatable bonds is 3. The predicted molar refractivity (Wildman–Crippen MR) is 64.8 cm³/mol. The Bertz CT molecular complexity index is 187. The topological polar surface area (TPSA) is 29.3 Å². The fourth-order valence-electron chi connectivity index (χ4n) is 3.65. The van der Waals surface area contributed by atoms with E-state index < -0.39 is 0 Å². The Labute approximate surface area is 94.2 Å². The largest absolute Gasteiger partial charge is 0.329 e. The molecule has 88 valence electrons. The third kappa shape index (κ3) is 2.36. The molecular formula is C13H26N2. The van der Waals surface area contributed by atoms with Gasteiger partial charge in [-0.15, -0.1) is 0 Å². The zero-order valence-corrected chi connectivity index (χ0v) is 10.1. The minimum absolute atomic E-state index is 0.649. The van der Waals surface area contributed by atoms with Crippen LogP contribution in [0.4, 0.5) is 0 Å². The van der Waals surface area contributed by atoms with Crippen molar-refractivity contribution in [1.82, 2.24) is 4.90 Å². The minimum Gasteiger partial charge on any atom is -0.329 e. The molecule has 3 atom stereocenters. The van der Waals surface area contributed by atoms with Gasteiger partial charge in [-0.25, -0.2) is 0 Å². The Balaban J connectivity index is 2.02. The van der Waals surface area contributed by atoms with Gasteiger partial charge in [0.15, 0.2) is 0 Å². The third-order valence-electron chi connectivity index (χ3n) is 4.50. The summed E-state index contributed by atoms with van der Waals surface area (Å²) in [7, 11) is 0. The summed E-state index contributed by atoms with van der Waals surface area (Å²) in [5, 5.41) is 0. The normalized spacial score (nSPS) is 34.8. The van der Waals surface area contributed by atoms with E-state index >= 15 is 0 Å². The van der Waals surface area contributed by atoms with Crippen molar-refractivity contribution in [3.63, 3.8) is 0 Å². The summed E-state index contributed by atoms with van der Waals surface area (Å²) in [6.45, 7) is 4.43. The van der Waals surface area contributed by atoms with E-state index in [9.17, 15) is 0 Å².